The van der Waals surface area contributed by atoms with Crippen molar-refractivity contribution in [3.05, 3.63) is 66.1 Å². The Bertz CT molecular complexity index is 1010. The summed E-state index contributed by atoms with van der Waals surface area (Å²) in [5.74, 6) is 2.21. The quantitative estimate of drug-likeness (QED) is 0.648. The van der Waals surface area contributed by atoms with Crippen LogP contribution in [-0.4, -0.2) is 41.0 Å². The average molecular weight is 392 g/mol. The molecule has 0 fully saturated rings. The van der Waals surface area contributed by atoms with Crippen LogP contribution in [0.3, 0.4) is 0 Å². The third-order valence-electron chi connectivity index (χ3n) is 4.32. The molecule has 1 aromatic carbocycles. The van der Waals surface area contributed by atoms with Crippen molar-refractivity contribution in [3.63, 3.8) is 0 Å². The van der Waals surface area contributed by atoms with E-state index in [1.807, 2.05) is 30.5 Å². The molecular formula is C21H20N4O4. The number of hydrogen-bond acceptors (Lipinski definition) is 6. The second-order valence-electron chi connectivity index (χ2n) is 6.24. The molecule has 3 aromatic rings. The molecule has 0 saturated heterocycles. The van der Waals surface area contributed by atoms with Crippen molar-refractivity contribution < 1.29 is 19.0 Å². The number of benzene rings is 1. The van der Waals surface area contributed by atoms with Crippen molar-refractivity contribution in [3.8, 4) is 23.1 Å². The fourth-order valence-corrected chi connectivity index (χ4v) is 2.97. The van der Waals surface area contributed by atoms with Crippen LogP contribution in [0.5, 0.6) is 17.2 Å². The second-order valence-corrected chi connectivity index (χ2v) is 6.24. The van der Waals surface area contributed by atoms with E-state index < -0.39 is 0 Å². The van der Waals surface area contributed by atoms with Crippen molar-refractivity contribution in [1.29, 1.82) is 0 Å². The van der Waals surface area contributed by atoms with E-state index in [9.17, 15) is 4.79 Å². The molecule has 4 rings (SSSR count). The molecular weight excluding hydrogens is 372 g/mol. The second kappa shape index (κ2) is 8.47. The van der Waals surface area contributed by atoms with E-state index in [0.29, 0.717) is 42.8 Å². The number of methoxy groups -OCH3 is 1. The molecule has 0 saturated carbocycles. The predicted octanol–water partition coefficient (Wildman–Crippen LogP) is 2.38. The van der Waals surface area contributed by atoms with Crippen molar-refractivity contribution >= 4 is 12.0 Å². The van der Waals surface area contributed by atoms with Gasteiger partial charge in [-0.05, 0) is 35.9 Å². The van der Waals surface area contributed by atoms with E-state index in [0.717, 1.165) is 11.1 Å². The molecule has 0 unspecified atom stereocenters. The number of nitrogens with zero attached hydrogens (tertiary/aromatic N) is 3. The summed E-state index contributed by atoms with van der Waals surface area (Å²) in [5.41, 5.74) is 1.64. The number of pyridine rings is 1. The summed E-state index contributed by atoms with van der Waals surface area (Å²) in [6, 6.07) is 9.17. The molecule has 8 nitrogen and oxygen atoms in total. The molecule has 0 aliphatic carbocycles. The topological polar surface area (TPSA) is 87.5 Å². The molecule has 29 heavy (non-hydrogen) atoms. The lowest BCUT2D eigenvalue weighted by molar-refractivity contribution is -0.116. The Morgan fingerprint density at radius 2 is 2.17 bits per heavy atom. The fourth-order valence-electron chi connectivity index (χ4n) is 2.97. The smallest absolute Gasteiger partial charge is 0.244 e. The molecule has 0 radical (unpaired) electrons. The zero-order chi connectivity index (χ0) is 20.1. The van der Waals surface area contributed by atoms with Crippen LogP contribution in [0, 0.1) is 0 Å². The van der Waals surface area contributed by atoms with Crippen molar-refractivity contribution in [2.45, 2.75) is 6.54 Å². The van der Waals surface area contributed by atoms with Gasteiger partial charge in [-0.25, -0.2) is 9.67 Å². The van der Waals surface area contributed by atoms with Gasteiger partial charge in [0.15, 0.2) is 17.3 Å². The summed E-state index contributed by atoms with van der Waals surface area (Å²) in [5, 5.41) is 7.06. The fraction of sp³-hybridized carbons (Fsp3) is 0.190. The number of rotatable bonds is 6. The summed E-state index contributed by atoms with van der Waals surface area (Å²) in [6.45, 7) is 1.29. The van der Waals surface area contributed by atoms with E-state index in [-0.39, 0.29) is 5.91 Å². The van der Waals surface area contributed by atoms with E-state index in [1.165, 1.54) is 6.08 Å². The molecule has 1 N–H and O–H groups in total. The highest BCUT2D eigenvalue weighted by atomic mass is 16.6. The van der Waals surface area contributed by atoms with Gasteiger partial charge in [0.25, 0.3) is 0 Å². The molecule has 0 bridgehead atoms. The third-order valence-corrected chi connectivity index (χ3v) is 4.32. The zero-order valence-corrected chi connectivity index (χ0v) is 15.9. The van der Waals surface area contributed by atoms with Crippen LogP contribution in [-0.2, 0) is 11.3 Å². The number of carbonyl (C=O) groups is 1. The minimum Gasteiger partial charge on any atom is -0.493 e. The Morgan fingerprint density at radius 1 is 1.28 bits per heavy atom. The number of carbonyl (C=O) groups excluding carboxylic acids is 1. The van der Waals surface area contributed by atoms with Crippen LogP contribution in [0.4, 0.5) is 0 Å². The van der Waals surface area contributed by atoms with Gasteiger partial charge in [0, 0.05) is 36.8 Å². The van der Waals surface area contributed by atoms with Crippen LogP contribution in [0.25, 0.3) is 11.9 Å². The van der Waals surface area contributed by atoms with E-state index in [1.54, 1.807) is 36.3 Å². The first-order chi connectivity index (χ1) is 14.2. The first-order valence-electron chi connectivity index (χ1n) is 9.12. The number of aromatic nitrogens is 3. The first kappa shape index (κ1) is 18.5. The predicted molar refractivity (Wildman–Crippen MR) is 106 cm³/mol. The van der Waals surface area contributed by atoms with Crippen LogP contribution in [0.15, 0.2) is 55.0 Å². The highest BCUT2D eigenvalue weighted by Gasteiger charge is 2.17. The van der Waals surface area contributed by atoms with Crippen LogP contribution >= 0.6 is 0 Å². The number of hydrogen-bond donors (Lipinski definition) is 1. The minimum absolute atomic E-state index is 0.228. The molecule has 148 valence electrons. The van der Waals surface area contributed by atoms with Gasteiger partial charge < -0.3 is 19.5 Å². The first-order valence-corrected chi connectivity index (χ1v) is 9.12. The number of fused-ring (bicyclic) bond motifs is 1. The molecule has 1 aliphatic rings. The van der Waals surface area contributed by atoms with Crippen molar-refractivity contribution in [2.24, 2.45) is 0 Å². The summed E-state index contributed by atoms with van der Waals surface area (Å²) in [7, 11) is 1.57. The minimum atomic E-state index is -0.228. The molecule has 2 aromatic heterocycles. The highest BCUT2D eigenvalue weighted by molar-refractivity contribution is 5.91. The van der Waals surface area contributed by atoms with E-state index in [2.05, 4.69) is 15.4 Å². The lowest BCUT2D eigenvalue weighted by Gasteiger charge is -2.20. The Labute approximate surface area is 167 Å². The van der Waals surface area contributed by atoms with Gasteiger partial charge in [-0.2, -0.15) is 5.10 Å². The molecule has 3 heterocycles. The summed E-state index contributed by atoms with van der Waals surface area (Å²) < 4.78 is 18.2. The summed E-state index contributed by atoms with van der Waals surface area (Å²) >= 11 is 0. The van der Waals surface area contributed by atoms with Crippen LogP contribution in [0.1, 0.15) is 11.1 Å². The lowest BCUT2D eigenvalue weighted by atomic mass is 10.1. The maximum Gasteiger partial charge on any atom is 0.244 e. The summed E-state index contributed by atoms with van der Waals surface area (Å²) in [4.78, 5) is 16.6. The molecule has 1 aliphatic heterocycles. The van der Waals surface area contributed by atoms with Crippen LogP contribution < -0.4 is 19.5 Å². The molecule has 1 amide bonds. The van der Waals surface area contributed by atoms with Gasteiger partial charge in [-0.1, -0.05) is 6.07 Å². The largest absolute Gasteiger partial charge is 0.493 e. The van der Waals surface area contributed by atoms with Crippen LogP contribution in [0.2, 0.25) is 0 Å². The van der Waals surface area contributed by atoms with E-state index in [4.69, 9.17) is 14.2 Å². The lowest BCUT2D eigenvalue weighted by Crippen LogP contribution is -2.21. The van der Waals surface area contributed by atoms with Gasteiger partial charge in [-0.15, -0.1) is 0 Å². The summed E-state index contributed by atoms with van der Waals surface area (Å²) in [6.07, 6.45) is 8.35. The normalized spacial score (nSPS) is 12.7. The van der Waals surface area contributed by atoms with Crippen molar-refractivity contribution in [1.82, 2.24) is 20.1 Å². The van der Waals surface area contributed by atoms with Gasteiger partial charge in [0.2, 0.25) is 11.7 Å². The van der Waals surface area contributed by atoms with Gasteiger partial charge in [-0.3, -0.25) is 4.79 Å². The molecule has 0 atom stereocenters. The SMILES string of the molecule is COc1cc(/C=C/C(=O)NCc2cccnc2-n2cccn2)cc2c1OCCO2. The Kier molecular flexibility index (Phi) is 5.42. The number of ether oxygens (including phenoxy) is 3. The zero-order valence-electron chi connectivity index (χ0n) is 15.9. The number of amides is 1. The highest BCUT2D eigenvalue weighted by Crippen LogP contribution is 2.40. The maximum atomic E-state index is 12.3. The van der Waals surface area contributed by atoms with Gasteiger partial charge >= 0.3 is 0 Å². The van der Waals surface area contributed by atoms with Gasteiger partial charge in [0.05, 0.1) is 7.11 Å². The number of nitrogens with one attached hydrogen (secondary N) is 1. The standard InChI is InChI=1S/C21H20N4O4/c1-27-17-12-15(13-18-20(17)29-11-10-28-18)5-6-19(26)23-14-16-4-2-7-22-21(16)25-9-3-8-24-25/h2-9,12-13H,10-11,14H2,1H3,(H,23,26)/b6-5+. The molecule has 8 heteroatoms. The average Bonchev–Trinajstić information content (AvgIpc) is 3.30. The monoisotopic (exact) mass is 392 g/mol. The Balaban J connectivity index is 1.44. The molecule has 0 spiro atoms. The van der Waals surface area contributed by atoms with E-state index >= 15 is 0 Å². The Hall–Kier alpha value is -3.81. The Morgan fingerprint density at radius 3 is 3.00 bits per heavy atom. The third kappa shape index (κ3) is 4.21. The van der Waals surface area contributed by atoms with Crippen molar-refractivity contribution in [2.75, 3.05) is 20.3 Å². The van der Waals surface area contributed by atoms with Gasteiger partial charge in [0.1, 0.15) is 13.2 Å². The maximum absolute atomic E-state index is 12.3.